The van der Waals surface area contributed by atoms with Gasteiger partial charge < -0.3 is 25.2 Å². The van der Waals surface area contributed by atoms with Crippen LogP contribution in [0.2, 0.25) is 0 Å². The normalized spacial score (nSPS) is 34.4. The average molecular weight is 308 g/mol. The lowest BCUT2D eigenvalue weighted by atomic mass is 10.0. The van der Waals surface area contributed by atoms with Crippen molar-refractivity contribution in [2.24, 2.45) is 0 Å². The van der Waals surface area contributed by atoms with Crippen molar-refractivity contribution in [2.75, 3.05) is 12.4 Å². The van der Waals surface area contributed by atoms with E-state index < -0.39 is 29.9 Å². The highest BCUT2D eigenvalue weighted by atomic mass is 32.2. The summed E-state index contributed by atoms with van der Waals surface area (Å²) in [6.07, 6.45) is 2.77. The summed E-state index contributed by atoms with van der Waals surface area (Å²) in [6, 6.07) is 0. The molecule has 0 aliphatic carbocycles. The van der Waals surface area contributed by atoms with Crippen molar-refractivity contribution >= 4 is 11.8 Å². The van der Waals surface area contributed by atoms with E-state index in [4.69, 9.17) is 9.84 Å². The molecule has 0 aromatic carbocycles. The summed E-state index contributed by atoms with van der Waals surface area (Å²) in [5, 5.41) is 38.3. The molecule has 0 aromatic rings. The van der Waals surface area contributed by atoms with E-state index in [1.165, 1.54) is 37.4 Å². The van der Waals surface area contributed by atoms with Crippen molar-refractivity contribution in [3.63, 3.8) is 0 Å². The van der Waals surface area contributed by atoms with Crippen LogP contribution in [0.25, 0.3) is 0 Å². The van der Waals surface area contributed by atoms with Crippen molar-refractivity contribution in [3.8, 4) is 0 Å². The van der Waals surface area contributed by atoms with Crippen molar-refractivity contribution in [2.45, 2.75) is 75.3 Å². The SMILES string of the molecule is CCCCCCCCSC1OC(CO)C(O)C(O)C1O. The van der Waals surface area contributed by atoms with Gasteiger partial charge in [0.05, 0.1) is 6.61 Å². The summed E-state index contributed by atoms with van der Waals surface area (Å²) in [5.41, 5.74) is -0.582. The van der Waals surface area contributed by atoms with E-state index in [0.29, 0.717) is 0 Å². The summed E-state index contributed by atoms with van der Waals surface area (Å²) in [4.78, 5) is 0. The van der Waals surface area contributed by atoms with Gasteiger partial charge in [-0.1, -0.05) is 39.0 Å². The molecule has 1 aliphatic heterocycles. The highest BCUT2D eigenvalue weighted by molar-refractivity contribution is 7.99. The van der Waals surface area contributed by atoms with Crippen molar-refractivity contribution in [3.05, 3.63) is 0 Å². The lowest BCUT2D eigenvalue weighted by Gasteiger charge is -2.39. The van der Waals surface area contributed by atoms with Gasteiger partial charge in [-0.25, -0.2) is 0 Å². The molecule has 6 heteroatoms. The molecule has 1 fully saturated rings. The fraction of sp³-hybridized carbons (Fsp3) is 1.00. The summed E-state index contributed by atoms with van der Waals surface area (Å²) < 4.78 is 5.43. The Morgan fingerprint density at radius 3 is 2.20 bits per heavy atom. The van der Waals surface area contributed by atoms with Crippen molar-refractivity contribution in [1.29, 1.82) is 0 Å². The summed E-state index contributed by atoms with van der Waals surface area (Å²) in [7, 11) is 0. The van der Waals surface area contributed by atoms with E-state index in [1.807, 2.05) is 0 Å². The third-order valence-electron chi connectivity index (χ3n) is 3.63. The summed E-state index contributed by atoms with van der Waals surface area (Å²) >= 11 is 1.44. The Hall–Kier alpha value is 0.150. The molecule has 0 bridgehead atoms. The van der Waals surface area contributed by atoms with Crippen LogP contribution in [0, 0.1) is 0 Å². The molecule has 0 amide bonds. The lowest BCUT2D eigenvalue weighted by molar-refractivity contribution is -0.205. The monoisotopic (exact) mass is 308 g/mol. The highest BCUT2D eigenvalue weighted by Gasteiger charge is 2.43. The number of ether oxygens (including phenoxy) is 1. The van der Waals surface area contributed by atoms with Crippen LogP contribution in [0.15, 0.2) is 0 Å². The van der Waals surface area contributed by atoms with E-state index in [9.17, 15) is 15.3 Å². The molecule has 1 rings (SSSR count). The highest BCUT2D eigenvalue weighted by Crippen LogP contribution is 2.29. The Bertz CT molecular complexity index is 252. The van der Waals surface area contributed by atoms with E-state index in [-0.39, 0.29) is 6.61 Å². The van der Waals surface area contributed by atoms with Gasteiger partial charge in [0.1, 0.15) is 29.9 Å². The molecule has 5 atom stereocenters. The predicted octanol–water partition coefficient (Wildman–Crippen LogP) is 0.880. The first-order chi connectivity index (χ1) is 9.61. The second-order valence-electron chi connectivity index (χ2n) is 5.34. The third kappa shape index (κ3) is 5.50. The van der Waals surface area contributed by atoms with Crippen molar-refractivity contribution in [1.82, 2.24) is 0 Å². The zero-order valence-electron chi connectivity index (χ0n) is 12.1. The Kier molecular flexibility index (Phi) is 9.08. The Morgan fingerprint density at radius 1 is 0.900 bits per heavy atom. The molecule has 1 heterocycles. The van der Waals surface area contributed by atoms with Crippen LogP contribution < -0.4 is 0 Å². The van der Waals surface area contributed by atoms with Gasteiger partial charge in [0.15, 0.2) is 0 Å². The molecule has 0 saturated carbocycles. The quantitative estimate of drug-likeness (QED) is 0.473. The number of unbranched alkanes of at least 4 members (excludes halogenated alkanes) is 5. The van der Waals surface area contributed by atoms with Crippen LogP contribution in [0.5, 0.6) is 0 Å². The predicted molar refractivity (Wildman–Crippen MR) is 79.6 cm³/mol. The zero-order chi connectivity index (χ0) is 15.0. The first-order valence-corrected chi connectivity index (χ1v) is 8.58. The molecule has 0 radical (unpaired) electrons. The van der Waals surface area contributed by atoms with Crippen LogP contribution in [-0.2, 0) is 4.74 Å². The van der Waals surface area contributed by atoms with Gasteiger partial charge in [0.2, 0.25) is 0 Å². The van der Waals surface area contributed by atoms with Crippen LogP contribution in [0.4, 0.5) is 0 Å². The Balaban J connectivity index is 2.21. The number of thioether (sulfide) groups is 1. The third-order valence-corrected chi connectivity index (χ3v) is 4.87. The number of rotatable bonds is 9. The molecule has 5 unspecified atom stereocenters. The molecule has 20 heavy (non-hydrogen) atoms. The molecular weight excluding hydrogens is 280 g/mol. The molecule has 0 aromatic heterocycles. The molecule has 1 saturated heterocycles. The number of aliphatic hydroxyl groups excluding tert-OH is 4. The smallest absolute Gasteiger partial charge is 0.132 e. The second kappa shape index (κ2) is 9.97. The van der Waals surface area contributed by atoms with Crippen LogP contribution in [0.1, 0.15) is 45.4 Å². The minimum Gasteiger partial charge on any atom is -0.394 e. The maximum Gasteiger partial charge on any atom is 0.132 e. The van der Waals surface area contributed by atoms with E-state index in [0.717, 1.165) is 18.6 Å². The van der Waals surface area contributed by atoms with Gasteiger partial charge in [-0.15, -0.1) is 11.8 Å². The van der Waals surface area contributed by atoms with Gasteiger partial charge in [-0.3, -0.25) is 0 Å². The Labute approximate surface area is 125 Å². The van der Waals surface area contributed by atoms with Crippen LogP contribution >= 0.6 is 11.8 Å². The Morgan fingerprint density at radius 2 is 1.55 bits per heavy atom. The van der Waals surface area contributed by atoms with Gasteiger partial charge in [0.25, 0.3) is 0 Å². The molecule has 4 N–H and O–H groups in total. The maximum atomic E-state index is 9.86. The van der Waals surface area contributed by atoms with Gasteiger partial charge in [0, 0.05) is 0 Å². The summed E-state index contributed by atoms with van der Waals surface area (Å²) in [6.45, 7) is 1.83. The number of hydrogen-bond acceptors (Lipinski definition) is 6. The van der Waals surface area contributed by atoms with Gasteiger partial charge in [-0.05, 0) is 12.2 Å². The standard InChI is InChI=1S/C14H28O5S/c1-2-3-4-5-6-7-8-20-14-13(18)12(17)11(16)10(9-15)19-14/h10-18H,2-9H2,1H3. The van der Waals surface area contributed by atoms with Gasteiger partial charge in [-0.2, -0.15) is 0 Å². The molecule has 5 nitrogen and oxygen atoms in total. The summed E-state index contributed by atoms with van der Waals surface area (Å²) in [5.74, 6) is 0.842. The number of hydrogen-bond donors (Lipinski definition) is 4. The molecule has 0 spiro atoms. The minimum absolute atomic E-state index is 0.362. The molecule has 1 aliphatic rings. The topological polar surface area (TPSA) is 90.2 Å². The van der Waals surface area contributed by atoms with E-state index in [2.05, 4.69) is 6.92 Å². The zero-order valence-corrected chi connectivity index (χ0v) is 13.0. The second-order valence-corrected chi connectivity index (χ2v) is 6.54. The minimum atomic E-state index is -1.26. The lowest BCUT2D eigenvalue weighted by Crippen LogP contribution is -2.57. The van der Waals surface area contributed by atoms with Gasteiger partial charge >= 0.3 is 0 Å². The largest absolute Gasteiger partial charge is 0.394 e. The van der Waals surface area contributed by atoms with Crippen molar-refractivity contribution < 1.29 is 25.2 Å². The fourth-order valence-corrected chi connectivity index (χ4v) is 3.47. The first kappa shape index (κ1) is 18.2. The molecular formula is C14H28O5S. The van der Waals surface area contributed by atoms with Crippen LogP contribution in [-0.4, -0.2) is 62.6 Å². The van der Waals surface area contributed by atoms with Crippen LogP contribution in [0.3, 0.4) is 0 Å². The van der Waals surface area contributed by atoms with E-state index in [1.54, 1.807) is 0 Å². The average Bonchev–Trinajstić information content (AvgIpc) is 2.46. The maximum absolute atomic E-state index is 9.86. The number of aliphatic hydroxyl groups is 4. The fourth-order valence-electron chi connectivity index (χ4n) is 2.29. The van der Waals surface area contributed by atoms with E-state index >= 15 is 0 Å². The molecule has 120 valence electrons. The first-order valence-electron chi connectivity index (χ1n) is 7.54.